The monoisotopic (exact) mass is 359 g/mol. The molecule has 0 spiro atoms. The Bertz CT molecular complexity index is 742. The molecule has 1 aliphatic carbocycles. The Morgan fingerprint density at radius 3 is 2.54 bits per heavy atom. The van der Waals surface area contributed by atoms with E-state index in [0.717, 1.165) is 28.2 Å². The quantitative estimate of drug-likeness (QED) is 0.605. The number of amides is 5. The highest BCUT2D eigenvalue weighted by atomic mass is 16.5. The molecule has 1 aliphatic heterocycles. The van der Waals surface area contributed by atoms with Crippen LogP contribution in [0.2, 0.25) is 0 Å². The Hall–Kier alpha value is -2.90. The molecule has 0 atom stereocenters. The van der Waals surface area contributed by atoms with Gasteiger partial charge in [-0.1, -0.05) is 31.0 Å². The highest BCUT2D eigenvalue weighted by molar-refractivity contribution is 6.45. The number of urea groups is 1. The van der Waals surface area contributed by atoms with E-state index < -0.39 is 30.3 Å². The van der Waals surface area contributed by atoms with E-state index in [1.54, 1.807) is 12.1 Å². The molecule has 1 saturated heterocycles. The zero-order chi connectivity index (χ0) is 18.7. The van der Waals surface area contributed by atoms with Crippen molar-refractivity contribution >= 4 is 23.8 Å². The van der Waals surface area contributed by atoms with Gasteiger partial charge in [0.05, 0.1) is 7.11 Å². The molecular formula is C18H21N3O5. The molecule has 1 aromatic carbocycles. The molecule has 0 bridgehead atoms. The number of carbonyl (C=O) groups excluding carboxylic acids is 4. The van der Waals surface area contributed by atoms with Crippen LogP contribution in [0.25, 0.3) is 0 Å². The van der Waals surface area contributed by atoms with Crippen molar-refractivity contribution in [3.8, 4) is 5.75 Å². The van der Waals surface area contributed by atoms with Crippen LogP contribution in [0.3, 0.4) is 0 Å². The van der Waals surface area contributed by atoms with Gasteiger partial charge >= 0.3 is 17.8 Å². The van der Waals surface area contributed by atoms with Crippen molar-refractivity contribution in [3.05, 3.63) is 29.8 Å². The third kappa shape index (κ3) is 3.40. The van der Waals surface area contributed by atoms with E-state index in [1.807, 2.05) is 12.1 Å². The maximum atomic E-state index is 12.4. The van der Waals surface area contributed by atoms with Crippen molar-refractivity contribution < 1.29 is 23.9 Å². The van der Waals surface area contributed by atoms with Gasteiger partial charge in [0.15, 0.2) is 0 Å². The topological polar surface area (TPSA) is 96.0 Å². The van der Waals surface area contributed by atoms with Gasteiger partial charge in [-0.05, 0) is 18.9 Å². The van der Waals surface area contributed by atoms with Crippen LogP contribution >= 0.6 is 0 Å². The number of rotatable bonds is 6. The molecule has 1 saturated carbocycles. The van der Waals surface area contributed by atoms with Gasteiger partial charge in [-0.25, -0.2) is 9.69 Å². The van der Waals surface area contributed by atoms with E-state index in [-0.39, 0.29) is 12.6 Å². The molecule has 2 aliphatic rings. The van der Waals surface area contributed by atoms with Gasteiger partial charge < -0.3 is 10.1 Å². The van der Waals surface area contributed by atoms with Gasteiger partial charge in [-0.2, -0.15) is 0 Å². The van der Waals surface area contributed by atoms with Crippen molar-refractivity contribution in [1.82, 2.24) is 15.1 Å². The van der Waals surface area contributed by atoms with Crippen LogP contribution in [0.4, 0.5) is 4.79 Å². The summed E-state index contributed by atoms with van der Waals surface area (Å²) in [6.07, 6.45) is 3.27. The Labute approximate surface area is 151 Å². The van der Waals surface area contributed by atoms with Gasteiger partial charge in [-0.3, -0.25) is 19.3 Å². The second-order valence-corrected chi connectivity index (χ2v) is 6.38. The summed E-state index contributed by atoms with van der Waals surface area (Å²) in [7, 11) is 1.53. The molecule has 2 fully saturated rings. The van der Waals surface area contributed by atoms with Crippen LogP contribution in [0.15, 0.2) is 24.3 Å². The fraction of sp³-hybridized carbons (Fsp3) is 0.444. The molecule has 3 rings (SSSR count). The summed E-state index contributed by atoms with van der Waals surface area (Å²) in [5.41, 5.74) is 0.770. The number of carbonyl (C=O) groups is 4. The molecule has 8 heteroatoms. The Morgan fingerprint density at radius 1 is 1.15 bits per heavy atom. The number of ether oxygens (including phenoxy) is 1. The first-order valence-electron chi connectivity index (χ1n) is 8.60. The van der Waals surface area contributed by atoms with Crippen LogP contribution in [-0.2, 0) is 20.9 Å². The van der Waals surface area contributed by atoms with E-state index in [9.17, 15) is 19.2 Å². The predicted molar refractivity (Wildman–Crippen MR) is 91.1 cm³/mol. The van der Waals surface area contributed by atoms with E-state index >= 15 is 0 Å². The first-order chi connectivity index (χ1) is 12.5. The Morgan fingerprint density at radius 2 is 1.85 bits per heavy atom. The van der Waals surface area contributed by atoms with Crippen LogP contribution in [-0.4, -0.2) is 53.2 Å². The number of hydrogen-bond acceptors (Lipinski definition) is 5. The van der Waals surface area contributed by atoms with Gasteiger partial charge in [0.25, 0.3) is 0 Å². The standard InChI is InChI=1S/C18H21N3O5/c1-26-14-9-5-2-6-12(14)10-19-15(22)11-20-16(23)17(24)21(18(20)25)13-7-3-4-8-13/h2,5-6,9,13H,3-4,7-8,10-11H2,1H3,(H,19,22). The lowest BCUT2D eigenvalue weighted by Crippen LogP contribution is -2.43. The van der Waals surface area contributed by atoms with Gasteiger partial charge in [0, 0.05) is 18.2 Å². The highest BCUT2D eigenvalue weighted by Gasteiger charge is 2.48. The highest BCUT2D eigenvalue weighted by Crippen LogP contribution is 2.27. The summed E-state index contributed by atoms with van der Waals surface area (Å²) in [6, 6.07) is 6.27. The fourth-order valence-corrected chi connectivity index (χ4v) is 3.39. The van der Waals surface area contributed by atoms with E-state index in [2.05, 4.69) is 5.32 Å². The third-order valence-corrected chi connectivity index (χ3v) is 4.74. The number of imide groups is 2. The molecular weight excluding hydrogens is 338 g/mol. The normalized spacial score (nSPS) is 18.0. The Balaban J connectivity index is 1.61. The SMILES string of the molecule is COc1ccccc1CNC(=O)CN1C(=O)C(=O)N(C2CCCC2)C1=O. The van der Waals surface area contributed by atoms with Gasteiger partial charge in [0.2, 0.25) is 5.91 Å². The van der Waals surface area contributed by atoms with Crippen LogP contribution in [0.5, 0.6) is 5.75 Å². The van der Waals surface area contributed by atoms with E-state index in [0.29, 0.717) is 18.6 Å². The summed E-state index contributed by atoms with van der Waals surface area (Å²) in [6.45, 7) is -0.277. The number of para-hydroxylation sites is 1. The molecule has 1 aromatic rings. The minimum Gasteiger partial charge on any atom is -0.496 e. The molecule has 0 aromatic heterocycles. The third-order valence-electron chi connectivity index (χ3n) is 4.74. The first kappa shape index (κ1) is 17.9. The summed E-state index contributed by atoms with van der Waals surface area (Å²) >= 11 is 0. The average molecular weight is 359 g/mol. The summed E-state index contributed by atoms with van der Waals surface area (Å²) in [5.74, 6) is -1.66. The molecule has 26 heavy (non-hydrogen) atoms. The van der Waals surface area contributed by atoms with Crippen molar-refractivity contribution in [2.45, 2.75) is 38.3 Å². The van der Waals surface area contributed by atoms with Crippen LogP contribution < -0.4 is 10.1 Å². The van der Waals surface area contributed by atoms with Crippen LogP contribution in [0.1, 0.15) is 31.2 Å². The zero-order valence-corrected chi connectivity index (χ0v) is 14.6. The summed E-state index contributed by atoms with van der Waals surface area (Å²) in [5, 5.41) is 2.65. The first-order valence-corrected chi connectivity index (χ1v) is 8.60. The molecule has 1 N–H and O–H groups in total. The largest absolute Gasteiger partial charge is 0.496 e. The second-order valence-electron chi connectivity index (χ2n) is 6.38. The van der Waals surface area contributed by atoms with Crippen molar-refractivity contribution in [2.24, 2.45) is 0 Å². The molecule has 0 radical (unpaired) electrons. The van der Waals surface area contributed by atoms with Gasteiger partial charge in [0.1, 0.15) is 12.3 Å². The minimum absolute atomic E-state index is 0.194. The molecule has 138 valence electrons. The predicted octanol–water partition coefficient (Wildman–Crippen LogP) is 1.04. The minimum atomic E-state index is -0.936. The maximum Gasteiger partial charge on any atom is 0.334 e. The summed E-state index contributed by atoms with van der Waals surface area (Å²) in [4.78, 5) is 50.6. The Kier molecular flexibility index (Phi) is 5.20. The zero-order valence-electron chi connectivity index (χ0n) is 14.6. The van der Waals surface area contributed by atoms with Crippen molar-refractivity contribution in [1.29, 1.82) is 0 Å². The molecule has 1 heterocycles. The maximum absolute atomic E-state index is 12.4. The van der Waals surface area contributed by atoms with Crippen molar-refractivity contribution in [2.75, 3.05) is 13.7 Å². The van der Waals surface area contributed by atoms with E-state index in [1.165, 1.54) is 7.11 Å². The fourth-order valence-electron chi connectivity index (χ4n) is 3.39. The van der Waals surface area contributed by atoms with Gasteiger partial charge in [-0.15, -0.1) is 0 Å². The lowest BCUT2D eigenvalue weighted by atomic mass is 10.2. The number of methoxy groups -OCH3 is 1. The smallest absolute Gasteiger partial charge is 0.334 e. The number of nitrogens with one attached hydrogen (secondary N) is 1. The number of benzene rings is 1. The molecule has 8 nitrogen and oxygen atoms in total. The lowest BCUT2D eigenvalue weighted by Gasteiger charge is -2.20. The number of hydrogen-bond donors (Lipinski definition) is 1. The number of nitrogens with zero attached hydrogens (tertiary/aromatic N) is 2. The van der Waals surface area contributed by atoms with Crippen LogP contribution in [0, 0.1) is 0 Å². The second kappa shape index (κ2) is 7.55. The molecule has 5 amide bonds. The molecule has 0 unspecified atom stereocenters. The summed E-state index contributed by atoms with van der Waals surface area (Å²) < 4.78 is 5.21. The van der Waals surface area contributed by atoms with Crippen molar-refractivity contribution in [3.63, 3.8) is 0 Å². The average Bonchev–Trinajstić information content (AvgIpc) is 3.24. The lowest BCUT2D eigenvalue weighted by molar-refractivity contribution is -0.144. The van der Waals surface area contributed by atoms with E-state index in [4.69, 9.17) is 4.74 Å².